The average molecular weight is 241 g/mol. The van der Waals surface area contributed by atoms with Gasteiger partial charge in [-0.3, -0.25) is 4.79 Å². The smallest absolute Gasteiger partial charge is 0.323 e. The second kappa shape index (κ2) is 4.50. The zero-order chi connectivity index (χ0) is 11.6. The minimum absolute atomic E-state index is 0.152. The summed E-state index contributed by atoms with van der Waals surface area (Å²) in [4.78, 5) is 10.8. The summed E-state index contributed by atoms with van der Waals surface area (Å²) >= 11 is 4.03. The van der Waals surface area contributed by atoms with E-state index in [9.17, 15) is 13.2 Å². The molecule has 1 unspecified atom stereocenters. The van der Waals surface area contributed by atoms with Crippen LogP contribution in [0.2, 0.25) is 0 Å². The monoisotopic (exact) mass is 241 g/mol. The molecule has 0 aromatic heterocycles. The van der Waals surface area contributed by atoms with Gasteiger partial charge in [-0.15, -0.1) is 0 Å². The van der Waals surface area contributed by atoms with Crippen LogP contribution in [0.25, 0.3) is 0 Å². The van der Waals surface area contributed by atoms with E-state index in [-0.39, 0.29) is 5.75 Å². The Hall–Kier alpha value is -0.270. The maximum absolute atomic E-state index is 11.2. The number of sulfonamides is 1. The molecule has 0 aromatic rings. The van der Waals surface area contributed by atoms with Crippen molar-refractivity contribution in [3.63, 3.8) is 0 Å². The van der Waals surface area contributed by atoms with Crippen molar-refractivity contribution >= 4 is 28.6 Å². The number of thiol groups is 1. The van der Waals surface area contributed by atoms with Gasteiger partial charge in [0.05, 0.1) is 5.75 Å². The maximum Gasteiger partial charge on any atom is 0.323 e. The molecule has 7 heteroatoms. The Labute approximate surface area is 89.4 Å². The van der Waals surface area contributed by atoms with Crippen LogP contribution in [0.4, 0.5) is 0 Å². The topological polar surface area (TPSA) is 83.5 Å². The third-order valence-electron chi connectivity index (χ3n) is 1.63. The Morgan fingerprint density at radius 2 is 2.00 bits per heavy atom. The molecule has 0 aliphatic heterocycles. The largest absolute Gasteiger partial charge is 0.480 e. The molecule has 84 valence electrons. The van der Waals surface area contributed by atoms with Crippen molar-refractivity contribution in [1.82, 2.24) is 4.72 Å². The van der Waals surface area contributed by atoms with E-state index in [0.29, 0.717) is 0 Å². The van der Waals surface area contributed by atoms with Crippen molar-refractivity contribution < 1.29 is 18.3 Å². The van der Waals surface area contributed by atoms with Crippen molar-refractivity contribution in [2.75, 3.05) is 5.75 Å². The molecule has 0 aliphatic rings. The second-order valence-electron chi connectivity index (χ2n) is 3.45. The number of carboxylic acid groups (broad SMARTS) is 1. The SMILES string of the molecule is CCS(=O)(=O)NC(C(=O)O)C(C)(C)S. The summed E-state index contributed by atoms with van der Waals surface area (Å²) < 4.78 is 23.4. The highest BCUT2D eigenvalue weighted by molar-refractivity contribution is 7.89. The number of hydrogen-bond acceptors (Lipinski definition) is 4. The Morgan fingerprint density at radius 3 is 2.21 bits per heavy atom. The lowest BCUT2D eigenvalue weighted by Gasteiger charge is -2.26. The Balaban J connectivity index is 4.83. The van der Waals surface area contributed by atoms with Crippen LogP contribution in [0.3, 0.4) is 0 Å². The van der Waals surface area contributed by atoms with Crippen LogP contribution in [0.1, 0.15) is 20.8 Å². The van der Waals surface area contributed by atoms with Gasteiger partial charge in [-0.1, -0.05) is 0 Å². The molecular weight excluding hydrogens is 226 g/mol. The lowest BCUT2D eigenvalue weighted by Crippen LogP contribution is -2.51. The molecule has 2 N–H and O–H groups in total. The summed E-state index contributed by atoms with van der Waals surface area (Å²) in [5, 5.41) is 8.79. The normalized spacial score (nSPS) is 15.1. The van der Waals surface area contributed by atoms with Crippen molar-refractivity contribution in [3.8, 4) is 0 Å². The molecule has 0 fully saturated rings. The Bertz CT molecular complexity index is 304. The van der Waals surface area contributed by atoms with Gasteiger partial charge in [-0.2, -0.15) is 17.4 Å². The van der Waals surface area contributed by atoms with Crippen LogP contribution in [0.5, 0.6) is 0 Å². The Kier molecular flexibility index (Phi) is 4.41. The van der Waals surface area contributed by atoms with Gasteiger partial charge in [0.15, 0.2) is 0 Å². The zero-order valence-electron chi connectivity index (χ0n) is 8.31. The first kappa shape index (κ1) is 13.7. The van der Waals surface area contributed by atoms with E-state index in [1.807, 2.05) is 0 Å². The maximum atomic E-state index is 11.2. The first-order valence-electron chi connectivity index (χ1n) is 4.05. The van der Waals surface area contributed by atoms with Crippen molar-refractivity contribution in [1.29, 1.82) is 0 Å². The van der Waals surface area contributed by atoms with Crippen molar-refractivity contribution in [2.45, 2.75) is 31.6 Å². The second-order valence-corrected chi connectivity index (χ2v) is 6.64. The summed E-state index contributed by atoms with van der Waals surface area (Å²) in [5.74, 6) is -1.39. The summed E-state index contributed by atoms with van der Waals surface area (Å²) in [6, 6.07) is -1.23. The highest BCUT2D eigenvalue weighted by Crippen LogP contribution is 2.18. The van der Waals surface area contributed by atoms with E-state index in [2.05, 4.69) is 17.4 Å². The molecule has 0 saturated carbocycles. The molecule has 0 amide bonds. The first-order chi connectivity index (χ1) is 6.10. The minimum atomic E-state index is -3.53. The zero-order valence-corrected chi connectivity index (χ0v) is 10.0. The number of carbonyl (C=O) groups is 1. The van der Waals surface area contributed by atoms with E-state index in [1.54, 1.807) is 0 Å². The molecule has 0 radical (unpaired) electrons. The number of carboxylic acids is 1. The standard InChI is InChI=1S/C7H15NO4S2/c1-4-14(11,12)8-5(6(9)10)7(2,3)13/h5,8,13H,4H2,1-3H3,(H,9,10). The molecule has 0 spiro atoms. The van der Waals surface area contributed by atoms with E-state index in [4.69, 9.17) is 5.11 Å². The fraction of sp³-hybridized carbons (Fsp3) is 0.857. The predicted molar refractivity (Wildman–Crippen MR) is 57.1 cm³/mol. The van der Waals surface area contributed by atoms with Crippen LogP contribution in [-0.2, 0) is 14.8 Å². The van der Waals surface area contributed by atoms with Crippen LogP contribution < -0.4 is 4.72 Å². The highest BCUT2D eigenvalue weighted by Gasteiger charge is 2.34. The number of hydrogen-bond donors (Lipinski definition) is 3. The predicted octanol–water partition coefficient (Wildman–Crippen LogP) is 0.0873. The van der Waals surface area contributed by atoms with Crippen molar-refractivity contribution in [3.05, 3.63) is 0 Å². The molecule has 0 saturated heterocycles. The van der Waals surface area contributed by atoms with Gasteiger partial charge in [0.25, 0.3) is 0 Å². The van der Waals surface area contributed by atoms with E-state index >= 15 is 0 Å². The summed E-state index contributed by atoms with van der Waals surface area (Å²) in [5.41, 5.74) is 0. The summed E-state index contributed by atoms with van der Waals surface area (Å²) in [6.45, 7) is 4.51. The number of nitrogens with one attached hydrogen (secondary N) is 1. The average Bonchev–Trinajstić information content (AvgIpc) is 1.98. The summed E-state index contributed by atoms with van der Waals surface area (Å²) in [7, 11) is -3.53. The molecule has 0 aliphatic carbocycles. The lowest BCUT2D eigenvalue weighted by molar-refractivity contribution is -0.139. The van der Waals surface area contributed by atoms with Gasteiger partial charge in [0, 0.05) is 4.75 Å². The van der Waals surface area contributed by atoms with Crippen LogP contribution in [0, 0.1) is 0 Å². The quantitative estimate of drug-likeness (QED) is 0.596. The summed E-state index contributed by atoms with van der Waals surface area (Å²) in [6.07, 6.45) is 0. The van der Waals surface area contributed by atoms with Gasteiger partial charge >= 0.3 is 5.97 Å². The third kappa shape index (κ3) is 4.30. The molecular formula is C7H15NO4S2. The van der Waals surface area contributed by atoms with Gasteiger partial charge < -0.3 is 5.11 Å². The molecule has 0 bridgehead atoms. The van der Waals surface area contributed by atoms with Gasteiger partial charge in [-0.05, 0) is 20.8 Å². The van der Waals surface area contributed by atoms with Gasteiger partial charge in [0.2, 0.25) is 10.0 Å². The minimum Gasteiger partial charge on any atom is -0.480 e. The van der Waals surface area contributed by atoms with E-state index in [0.717, 1.165) is 0 Å². The molecule has 0 aromatic carbocycles. The van der Waals surface area contributed by atoms with E-state index in [1.165, 1.54) is 20.8 Å². The third-order valence-corrected chi connectivity index (χ3v) is 3.24. The van der Waals surface area contributed by atoms with Crippen LogP contribution >= 0.6 is 12.6 Å². The highest BCUT2D eigenvalue weighted by atomic mass is 32.2. The number of aliphatic carboxylic acids is 1. The molecule has 1 atom stereocenters. The fourth-order valence-electron chi connectivity index (χ4n) is 0.760. The van der Waals surface area contributed by atoms with Gasteiger partial charge in [-0.25, -0.2) is 8.42 Å². The van der Waals surface area contributed by atoms with E-state index < -0.39 is 26.8 Å². The molecule has 0 heterocycles. The molecule has 14 heavy (non-hydrogen) atoms. The lowest BCUT2D eigenvalue weighted by atomic mass is 10.1. The van der Waals surface area contributed by atoms with Gasteiger partial charge in [0.1, 0.15) is 6.04 Å². The van der Waals surface area contributed by atoms with Crippen LogP contribution in [-0.4, -0.2) is 36.0 Å². The number of rotatable bonds is 5. The fourth-order valence-corrected chi connectivity index (χ4v) is 1.94. The van der Waals surface area contributed by atoms with Crippen molar-refractivity contribution in [2.24, 2.45) is 0 Å². The first-order valence-corrected chi connectivity index (χ1v) is 6.15. The molecule has 5 nitrogen and oxygen atoms in total. The van der Waals surface area contributed by atoms with Crippen LogP contribution in [0.15, 0.2) is 0 Å². The Morgan fingerprint density at radius 1 is 1.57 bits per heavy atom. The molecule has 0 rings (SSSR count).